The fourth-order valence-corrected chi connectivity index (χ4v) is 3.33. The number of anilines is 1. The highest BCUT2D eigenvalue weighted by atomic mass is 16.4. The van der Waals surface area contributed by atoms with Crippen LogP contribution < -0.4 is 15.6 Å². The molecule has 0 unspecified atom stereocenters. The minimum absolute atomic E-state index is 0.268. The average molecular weight is 346 g/mol. The van der Waals surface area contributed by atoms with Gasteiger partial charge in [-0.1, -0.05) is 0 Å². The molecule has 8 heteroatoms. The van der Waals surface area contributed by atoms with Crippen LogP contribution in [0, 0.1) is 11.8 Å². The lowest BCUT2D eigenvalue weighted by molar-refractivity contribution is -0.142. The molecule has 0 bridgehead atoms. The van der Waals surface area contributed by atoms with Crippen molar-refractivity contribution >= 4 is 18.1 Å². The van der Waals surface area contributed by atoms with E-state index in [0.717, 1.165) is 31.1 Å². The summed E-state index contributed by atoms with van der Waals surface area (Å²) >= 11 is 0. The Morgan fingerprint density at radius 2 is 2.08 bits per heavy atom. The molecule has 3 rings (SSSR count). The highest BCUT2D eigenvalue weighted by molar-refractivity contribution is 5.78. The molecule has 2 fully saturated rings. The molecule has 0 radical (unpaired) electrons. The molecule has 0 spiro atoms. The van der Waals surface area contributed by atoms with Crippen molar-refractivity contribution in [2.24, 2.45) is 16.9 Å². The largest absolute Gasteiger partial charge is 0.481 e. The van der Waals surface area contributed by atoms with Crippen LogP contribution in [0.25, 0.3) is 0 Å². The van der Waals surface area contributed by atoms with Crippen LogP contribution in [-0.2, 0) is 4.79 Å². The van der Waals surface area contributed by atoms with Gasteiger partial charge in [-0.25, -0.2) is 9.97 Å². The first-order chi connectivity index (χ1) is 12.2. The molecule has 0 amide bonds. The molecule has 8 nitrogen and oxygen atoms in total. The summed E-state index contributed by atoms with van der Waals surface area (Å²) in [6, 6.07) is 0. The van der Waals surface area contributed by atoms with Gasteiger partial charge < -0.3 is 20.7 Å². The Morgan fingerprint density at radius 1 is 1.32 bits per heavy atom. The standard InChI is InChI=1S/C17H26N6O2/c24-16(25)15-6-13(7-18-12-15)10-21-22-11-14-8-19-17(20-9-14)23-4-2-1-3-5-23/h8-9,11,13,15,18,21H,1-7,10,12H2,(H,24,25)/b22-11+/t13-,15+/m0/s1. The van der Waals surface area contributed by atoms with Crippen LogP contribution in [-0.4, -0.2) is 60.0 Å². The zero-order valence-electron chi connectivity index (χ0n) is 14.4. The molecule has 0 saturated carbocycles. The summed E-state index contributed by atoms with van der Waals surface area (Å²) < 4.78 is 0. The lowest BCUT2D eigenvalue weighted by Crippen LogP contribution is -2.42. The molecule has 2 atom stereocenters. The maximum Gasteiger partial charge on any atom is 0.307 e. The van der Waals surface area contributed by atoms with Crippen molar-refractivity contribution < 1.29 is 9.90 Å². The summed E-state index contributed by atoms with van der Waals surface area (Å²) in [5.41, 5.74) is 3.86. The van der Waals surface area contributed by atoms with E-state index < -0.39 is 5.97 Å². The maximum absolute atomic E-state index is 11.0. The Labute approximate surface area is 147 Å². The third-order valence-electron chi connectivity index (χ3n) is 4.77. The van der Waals surface area contributed by atoms with Gasteiger partial charge in [0.1, 0.15) is 0 Å². The Hall–Kier alpha value is -2.22. The van der Waals surface area contributed by atoms with Gasteiger partial charge in [-0.05, 0) is 38.1 Å². The fourth-order valence-electron chi connectivity index (χ4n) is 3.33. The Bertz CT molecular complexity index is 585. The van der Waals surface area contributed by atoms with Gasteiger partial charge in [0, 0.05) is 44.1 Å². The second kappa shape index (κ2) is 8.75. The number of hydrazone groups is 1. The van der Waals surface area contributed by atoms with Crippen LogP contribution in [0.5, 0.6) is 0 Å². The minimum atomic E-state index is -0.730. The van der Waals surface area contributed by atoms with Crippen molar-refractivity contribution in [1.82, 2.24) is 20.7 Å². The monoisotopic (exact) mass is 346 g/mol. The normalized spacial score (nSPS) is 24.4. The van der Waals surface area contributed by atoms with Crippen molar-refractivity contribution in [3.8, 4) is 0 Å². The van der Waals surface area contributed by atoms with E-state index in [0.29, 0.717) is 19.5 Å². The number of hydrogen-bond acceptors (Lipinski definition) is 7. The SMILES string of the molecule is O=C(O)[C@H]1CNC[C@@H](CN/N=C/c2cnc(N3CCCCC3)nc2)C1. The van der Waals surface area contributed by atoms with Gasteiger partial charge in [-0.2, -0.15) is 5.10 Å². The highest BCUT2D eigenvalue weighted by Gasteiger charge is 2.26. The van der Waals surface area contributed by atoms with Gasteiger partial charge in [0.05, 0.1) is 12.1 Å². The van der Waals surface area contributed by atoms with Crippen LogP contribution >= 0.6 is 0 Å². The van der Waals surface area contributed by atoms with Crippen LogP contribution in [0.3, 0.4) is 0 Å². The zero-order chi connectivity index (χ0) is 17.5. The van der Waals surface area contributed by atoms with Crippen molar-refractivity contribution in [1.29, 1.82) is 0 Å². The van der Waals surface area contributed by atoms with Crippen LogP contribution in [0.15, 0.2) is 17.5 Å². The first kappa shape index (κ1) is 17.6. The molecule has 2 aliphatic rings. The summed E-state index contributed by atoms with van der Waals surface area (Å²) in [7, 11) is 0. The molecule has 1 aromatic rings. The first-order valence-electron chi connectivity index (χ1n) is 8.99. The lowest BCUT2D eigenvalue weighted by atomic mass is 9.91. The van der Waals surface area contributed by atoms with E-state index in [1.165, 1.54) is 19.3 Å². The Morgan fingerprint density at radius 3 is 2.80 bits per heavy atom. The van der Waals surface area contributed by atoms with Gasteiger partial charge in [0.25, 0.3) is 0 Å². The van der Waals surface area contributed by atoms with E-state index in [1.807, 2.05) is 0 Å². The lowest BCUT2D eigenvalue weighted by Gasteiger charge is -2.27. The second-order valence-electron chi connectivity index (χ2n) is 6.78. The van der Waals surface area contributed by atoms with Gasteiger partial charge >= 0.3 is 5.97 Å². The number of rotatable bonds is 6. The minimum Gasteiger partial charge on any atom is -0.481 e. The van der Waals surface area contributed by atoms with E-state index in [9.17, 15) is 4.79 Å². The molecule has 3 N–H and O–H groups in total. The smallest absolute Gasteiger partial charge is 0.307 e. The third kappa shape index (κ3) is 5.12. The zero-order valence-corrected chi connectivity index (χ0v) is 14.4. The number of aromatic nitrogens is 2. The van der Waals surface area contributed by atoms with E-state index in [4.69, 9.17) is 5.11 Å². The predicted octanol–water partition coefficient (Wildman–Crippen LogP) is 0.701. The van der Waals surface area contributed by atoms with Crippen molar-refractivity contribution in [3.63, 3.8) is 0 Å². The predicted molar refractivity (Wildman–Crippen MR) is 95.8 cm³/mol. The molecular weight excluding hydrogens is 320 g/mol. The van der Waals surface area contributed by atoms with E-state index in [2.05, 4.69) is 30.7 Å². The number of carboxylic acid groups (broad SMARTS) is 1. The number of piperidine rings is 2. The van der Waals surface area contributed by atoms with E-state index >= 15 is 0 Å². The summed E-state index contributed by atoms with van der Waals surface area (Å²) in [5.74, 6) is 0.0226. The molecular formula is C17H26N6O2. The van der Waals surface area contributed by atoms with Gasteiger partial charge in [-0.15, -0.1) is 0 Å². The highest BCUT2D eigenvalue weighted by Crippen LogP contribution is 2.16. The Kier molecular flexibility index (Phi) is 6.16. The van der Waals surface area contributed by atoms with Gasteiger partial charge in [-0.3, -0.25) is 4.79 Å². The summed E-state index contributed by atoms with van der Waals surface area (Å²) in [5, 5.41) is 16.5. The Balaban J connectivity index is 1.43. The molecule has 2 aliphatic heterocycles. The average Bonchev–Trinajstić information content (AvgIpc) is 2.67. The molecule has 1 aromatic heterocycles. The first-order valence-corrected chi connectivity index (χ1v) is 8.99. The number of carboxylic acids is 1. The summed E-state index contributed by atoms with van der Waals surface area (Å²) in [4.78, 5) is 22.1. The van der Waals surface area contributed by atoms with Crippen LogP contribution in [0.1, 0.15) is 31.2 Å². The number of hydrogen-bond donors (Lipinski definition) is 3. The molecule has 25 heavy (non-hydrogen) atoms. The molecule has 136 valence electrons. The number of nitrogens with one attached hydrogen (secondary N) is 2. The molecule has 0 aliphatic carbocycles. The van der Waals surface area contributed by atoms with Crippen LogP contribution in [0.2, 0.25) is 0 Å². The quantitative estimate of drug-likeness (QED) is 0.515. The number of carbonyl (C=O) groups is 1. The van der Waals surface area contributed by atoms with Crippen molar-refractivity contribution in [2.45, 2.75) is 25.7 Å². The maximum atomic E-state index is 11.0. The fraction of sp³-hybridized carbons (Fsp3) is 0.647. The topological polar surface area (TPSA) is 103 Å². The van der Waals surface area contributed by atoms with E-state index in [1.54, 1.807) is 18.6 Å². The van der Waals surface area contributed by atoms with Crippen molar-refractivity contribution in [2.75, 3.05) is 37.6 Å². The summed E-state index contributed by atoms with van der Waals surface area (Å²) in [6.45, 7) is 4.08. The van der Waals surface area contributed by atoms with Crippen molar-refractivity contribution in [3.05, 3.63) is 18.0 Å². The van der Waals surface area contributed by atoms with Crippen LogP contribution in [0.4, 0.5) is 5.95 Å². The van der Waals surface area contributed by atoms with E-state index in [-0.39, 0.29) is 11.8 Å². The molecule has 3 heterocycles. The molecule has 0 aromatic carbocycles. The number of nitrogens with zero attached hydrogens (tertiary/aromatic N) is 4. The van der Waals surface area contributed by atoms with Gasteiger partial charge in [0.15, 0.2) is 0 Å². The summed E-state index contributed by atoms with van der Waals surface area (Å²) in [6.07, 6.45) is 9.64. The number of aliphatic carboxylic acids is 1. The third-order valence-corrected chi connectivity index (χ3v) is 4.77. The molecule has 2 saturated heterocycles. The van der Waals surface area contributed by atoms with Gasteiger partial charge in [0.2, 0.25) is 5.95 Å². The second-order valence-corrected chi connectivity index (χ2v) is 6.78.